The van der Waals surface area contributed by atoms with E-state index in [2.05, 4.69) is 9.97 Å². The second-order valence-corrected chi connectivity index (χ2v) is 3.37. The second kappa shape index (κ2) is 3.57. The normalized spacial score (nSPS) is 10.2. The van der Waals surface area contributed by atoms with E-state index in [4.69, 9.17) is 5.73 Å². The van der Waals surface area contributed by atoms with Gasteiger partial charge in [-0.1, -0.05) is 23.8 Å². The highest BCUT2D eigenvalue weighted by Gasteiger charge is 2.07. The summed E-state index contributed by atoms with van der Waals surface area (Å²) in [5, 5.41) is 0. The third-order valence-corrected chi connectivity index (χ3v) is 2.13. The van der Waals surface area contributed by atoms with Crippen LogP contribution < -0.4 is 5.73 Å². The molecule has 0 aliphatic carbocycles. The zero-order chi connectivity index (χ0) is 10.8. The molecule has 1 amide bonds. The van der Waals surface area contributed by atoms with Crippen molar-refractivity contribution in [1.29, 1.82) is 0 Å². The number of benzene rings is 1. The van der Waals surface area contributed by atoms with Gasteiger partial charge < -0.3 is 10.7 Å². The van der Waals surface area contributed by atoms with E-state index in [9.17, 15) is 4.79 Å². The number of H-pyrrole nitrogens is 1. The zero-order valence-corrected chi connectivity index (χ0v) is 8.32. The molecule has 0 saturated carbocycles. The molecule has 0 fully saturated rings. The SMILES string of the molecule is Cc1cccc(-c2c[nH]c(C(N)=O)n2)c1. The molecule has 76 valence electrons. The Morgan fingerprint density at radius 2 is 2.27 bits per heavy atom. The lowest BCUT2D eigenvalue weighted by atomic mass is 10.1. The van der Waals surface area contributed by atoms with Crippen LogP contribution in [-0.2, 0) is 0 Å². The summed E-state index contributed by atoms with van der Waals surface area (Å²) in [7, 11) is 0. The van der Waals surface area contributed by atoms with Gasteiger partial charge >= 0.3 is 0 Å². The maximum atomic E-state index is 10.8. The number of carbonyl (C=O) groups is 1. The fourth-order valence-corrected chi connectivity index (χ4v) is 1.40. The van der Waals surface area contributed by atoms with Gasteiger partial charge in [-0.05, 0) is 13.0 Å². The summed E-state index contributed by atoms with van der Waals surface area (Å²) in [6.07, 6.45) is 1.68. The molecule has 0 atom stereocenters. The van der Waals surface area contributed by atoms with Crippen LogP contribution in [0.15, 0.2) is 30.5 Å². The van der Waals surface area contributed by atoms with E-state index in [1.807, 2.05) is 31.2 Å². The molecular formula is C11H11N3O. The number of carbonyl (C=O) groups excluding carboxylic acids is 1. The van der Waals surface area contributed by atoms with Crippen molar-refractivity contribution in [2.75, 3.05) is 0 Å². The number of aromatic nitrogens is 2. The van der Waals surface area contributed by atoms with Crippen LogP contribution in [-0.4, -0.2) is 15.9 Å². The van der Waals surface area contributed by atoms with Crippen molar-refractivity contribution in [2.24, 2.45) is 5.73 Å². The molecule has 2 aromatic rings. The van der Waals surface area contributed by atoms with Crippen molar-refractivity contribution in [1.82, 2.24) is 9.97 Å². The molecule has 0 aliphatic heterocycles. The number of aromatic amines is 1. The monoisotopic (exact) mass is 201 g/mol. The quantitative estimate of drug-likeness (QED) is 0.772. The lowest BCUT2D eigenvalue weighted by Gasteiger charge is -1.97. The summed E-state index contributed by atoms with van der Waals surface area (Å²) >= 11 is 0. The minimum Gasteiger partial charge on any atom is -0.363 e. The molecular weight excluding hydrogens is 190 g/mol. The van der Waals surface area contributed by atoms with Crippen LogP contribution in [0.1, 0.15) is 16.2 Å². The van der Waals surface area contributed by atoms with Crippen molar-refractivity contribution in [3.05, 3.63) is 41.9 Å². The first kappa shape index (κ1) is 9.45. The summed E-state index contributed by atoms with van der Waals surface area (Å²) in [6.45, 7) is 2.01. The Kier molecular flexibility index (Phi) is 2.25. The maximum absolute atomic E-state index is 10.8. The van der Waals surface area contributed by atoms with E-state index in [-0.39, 0.29) is 5.82 Å². The van der Waals surface area contributed by atoms with Gasteiger partial charge in [0.15, 0.2) is 5.82 Å². The molecule has 3 N–H and O–H groups in total. The summed E-state index contributed by atoms with van der Waals surface area (Å²) in [5.74, 6) is -0.361. The highest BCUT2D eigenvalue weighted by atomic mass is 16.1. The van der Waals surface area contributed by atoms with Crippen molar-refractivity contribution in [3.63, 3.8) is 0 Å². The Morgan fingerprint density at radius 1 is 1.47 bits per heavy atom. The molecule has 0 spiro atoms. The molecule has 15 heavy (non-hydrogen) atoms. The van der Waals surface area contributed by atoms with Crippen LogP contribution >= 0.6 is 0 Å². The molecule has 0 unspecified atom stereocenters. The average Bonchev–Trinajstić information content (AvgIpc) is 2.66. The van der Waals surface area contributed by atoms with Crippen LogP contribution in [0.25, 0.3) is 11.3 Å². The molecule has 0 bridgehead atoms. The number of aryl methyl sites for hydroxylation is 1. The Balaban J connectivity index is 2.41. The summed E-state index contributed by atoms with van der Waals surface area (Å²) in [6, 6.07) is 7.89. The lowest BCUT2D eigenvalue weighted by Crippen LogP contribution is -2.12. The molecule has 1 aromatic heterocycles. The van der Waals surface area contributed by atoms with Gasteiger partial charge in [0.2, 0.25) is 0 Å². The number of hydrogen-bond acceptors (Lipinski definition) is 2. The Hall–Kier alpha value is -2.10. The van der Waals surface area contributed by atoms with Crippen LogP contribution in [0.4, 0.5) is 0 Å². The van der Waals surface area contributed by atoms with Gasteiger partial charge in [-0.25, -0.2) is 4.98 Å². The highest BCUT2D eigenvalue weighted by molar-refractivity contribution is 5.89. The summed E-state index contributed by atoms with van der Waals surface area (Å²) in [5.41, 5.74) is 7.95. The largest absolute Gasteiger partial charge is 0.363 e. The van der Waals surface area contributed by atoms with E-state index >= 15 is 0 Å². The maximum Gasteiger partial charge on any atom is 0.284 e. The van der Waals surface area contributed by atoms with Crippen LogP contribution in [0, 0.1) is 6.92 Å². The third-order valence-electron chi connectivity index (χ3n) is 2.13. The minimum absolute atomic E-state index is 0.187. The smallest absolute Gasteiger partial charge is 0.284 e. The lowest BCUT2D eigenvalue weighted by molar-refractivity contribution is 0.0991. The predicted octanol–water partition coefficient (Wildman–Crippen LogP) is 1.48. The number of nitrogens with zero attached hydrogens (tertiary/aromatic N) is 1. The molecule has 4 heteroatoms. The highest BCUT2D eigenvalue weighted by Crippen LogP contribution is 2.17. The summed E-state index contributed by atoms with van der Waals surface area (Å²) in [4.78, 5) is 17.7. The van der Waals surface area contributed by atoms with E-state index in [0.717, 1.165) is 16.8 Å². The Bertz CT molecular complexity index is 502. The number of imidazole rings is 1. The zero-order valence-electron chi connectivity index (χ0n) is 8.32. The van der Waals surface area contributed by atoms with Gasteiger partial charge in [0.05, 0.1) is 5.69 Å². The third kappa shape index (κ3) is 1.88. The first-order valence-electron chi connectivity index (χ1n) is 4.59. The number of hydrogen-bond donors (Lipinski definition) is 2. The number of rotatable bonds is 2. The van der Waals surface area contributed by atoms with Gasteiger partial charge in [0.1, 0.15) is 0 Å². The standard InChI is InChI=1S/C11H11N3O/c1-7-3-2-4-8(5-7)9-6-13-11(14-9)10(12)15/h2-6H,1H3,(H2,12,15)(H,13,14). The Labute approximate surface area is 87.1 Å². The molecule has 0 saturated heterocycles. The fourth-order valence-electron chi connectivity index (χ4n) is 1.40. The topological polar surface area (TPSA) is 71.8 Å². The number of nitrogens with one attached hydrogen (secondary N) is 1. The van der Waals surface area contributed by atoms with Gasteiger partial charge in [-0.2, -0.15) is 0 Å². The first-order chi connectivity index (χ1) is 7.16. The van der Waals surface area contributed by atoms with E-state index < -0.39 is 5.91 Å². The molecule has 1 heterocycles. The van der Waals surface area contributed by atoms with E-state index in [0.29, 0.717) is 0 Å². The second-order valence-electron chi connectivity index (χ2n) is 3.37. The summed E-state index contributed by atoms with van der Waals surface area (Å²) < 4.78 is 0. The van der Waals surface area contributed by atoms with Crippen molar-refractivity contribution in [2.45, 2.75) is 6.92 Å². The molecule has 2 rings (SSSR count). The van der Waals surface area contributed by atoms with Crippen LogP contribution in [0.3, 0.4) is 0 Å². The molecule has 1 aromatic carbocycles. The predicted molar refractivity (Wildman–Crippen MR) is 57.3 cm³/mol. The van der Waals surface area contributed by atoms with Crippen molar-refractivity contribution >= 4 is 5.91 Å². The van der Waals surface area contributed by atoms with Crippen molar-refractivity contribution < 1.29 is 4.79 Å². The first-order valence-corrected chi connectivity index (χ1v) is 4.59. The van der Waals surface area contributed by atoms with Gasteiger partial charge in [-0.3, -0.25) is 4.79 Å². The van der Waals surface area contributed by atoms with Crippen LogP contribution in [0.2, 0.25) is 0 Å². The molecule has 0 radical (unpaired) electrons. The van der Waals surface area contributed by atoms with Gasteiger partial charge in [0.25, 0.3) is 5.91 Å². The number of amides is 1. The molecule has 0 aliphatic rings. The number of nitrogens with two attached hydrogens (primary N) is 1. The van der Waals surface area contributed by atoms with Gasteiger partial charge in [0, 0.05) is 11.8 Å². The minimum atomic E-state index is -0.547. The average molecular weight is 201 g/mol. The Morgan fingerprint density at radius 3 is 2.87 bits per heavy atom. The fraction of sp³-hybridized carbons (Fsp3) is 0.0909. The number of primary amides is 1. The van der Waals surface area contributed by atoms with Gasteiger partial charge in [-0.15, -0.1) is 0 Å². The van der Waals surface area contributed by atoms with Crippen LogP contribution in [0.5, 0.6) is 0 Å². The molecule has 4 nitrogen and oxygen atoms in total. The van der Waals surface area contributed by atoms with E-state index in [1.54, 1.807) is 6.20 Å². The van der Waals surface area contributed by atoms with E-state index in [1.165, 1.54) is 0 Å². The van der Waals surface area contributed by atoms with Crippen molar-refractivity contribution in [3.8, 4) is 11.3 Å².